The van der Waals surface area contributed by atoms with E-state index in [0.717, 1.165) is 24.8 Å². The molecule has 1 fully saturated rings. The zero-order chi connectivity index (χ0) is 14.9. The molecule has 20 heavy (non-hydrogen) atoms. The van der Waals surface area contributed by atoms with Gasteiger partial charge >= 0.3 is 0 Å². The maximum atomic E-state index is 11.8. The molecule has 1 aromatic carbocycles. The van der Waals surface area contributed by atoms with Gasteiger partial charge in [0.1, 0.15) is 9.84 Å². The number of nitrogens with two attached hydrogens (primary N) is 1. The molecule has 112 valence electrons. The Kier molecular flexibility index (Phi) is 4.55. The second kappa shape index (κ2) is 5.86. The Morgan fingerprint density at radius 1 is 1.15 bits per heavy atom. The number of aryl methyl sites for hydroxylation is 2. The van der Waals surface area contributed by atoms with E-state index in [9.17, 15) is 8.42 Å². The van der Waals surface area contributed by atoms with Gasteiger partial charge in [0.2, 0.25) is 0 Å². The standard InChI is InChI=1S/C16H25NO2S/c1-11-7-12(2)9-14(8-11)16(17)13-5-4-6-15(10-13)20(3,18)19/h7-9,13,15-16H,4-6,10,17H2,1-3H3. The molecule has 0 amide bonds. The van der Waals surface area contributed by atoms with Crippen molar-refractivity contribution >= 4 is 9.84 Å². The molecule has 2 rings (SSSR count). The van der Waals surface area contributed by atoms with Crippen LogP contribution in [0.2, 0.25) is 0 Å². The zero-order valence-electron chi connectivity index (χ0n) is 12.6. The SMILES string of the molecule is Cc1cc(C)cc(C(N)C2CCCC(S(C)(=O)=O)C2)c1. The van der Waals surface area contributed by atoms with Gasteiger partial charge in [0.15, 0.2) is 0 Å². The summed E-state index contributed by atoms with van der Waals surface area (Å²) in [7, 11) is -2.95. The Hall–Kier alpha value is -0.870. The average Bonchev–Trinajstić information content (AvgIpc) is 2.36. The van der Waals surface area contributed by atoms with Gasteiger partial charge in [0.05, 0.1) is 5.25 Å². The highest BCUT2D eigenvalue weighted by Crippen LogP contribution is 2.36. The third-order valence-electron chi connectivity index (χ3n) is 4.41. The Morgan fingerprint density at radius 2 is 1.75 bits per heavy atom. The van der Waals surface area contributed by atoms with Gasteiger partial charge < -0.3 is 5.73 Å². The van der Waals surface area contributed by atoms with Gasteiger partial charge in [-0.2, -0.15) is 0 Å². The first-order valence-electron chi connectivity index (χ1n) is 7.30. The minimum absolute atomic E-state index is 0.0573. The van der Waals surface area contributed by atoms with Crippen molar-refractivity contribution in [2.75, 3.05) is 6.26 Å². The van der Waals surface area contributed by atoms with Gasteiger partial charge in [0.25, 0.3) is 0 Å². The normalized spacial score (nSPS) is 25.4. The van der Waals surface area contributed by atoms with Gasteiger partial charge in [0, 0.05) is 12.3 Å². The van der Waals surface area contributed by atoms with Gasteiger partial charge in [-0.15, -0.1) is 0 Å². The second-order valence-corrected chi connectivity index (χ2v) is 8.65. The molecule has 1 saturated carbocycles. The van der Waals surface area contributed by atoms with Crippen molar-refractivity contribution in [3.63, 3.8) is 0 Å². The van der Waals surface area contributed by atoms with Crippen molar-refractivity contribution in [2.24, 2.45) is 11.7 Å². The number of hydrogen-bond donors (Lipinski definition) is 1. The molecule has 0 radical (unpaired) electrons. The molecular weight excluding hydrogens is 270 g/mol. The molecular formula is C16H25NO2S. The Labute approximate surface area is 122 Å². The van der Waals surface area contributed by atoms with Gasteiger partial charge in [-0.1, -0.05) is 35.7 Å². The van der Waals surface area contributed by atoms with E-state index in [4.69, 9.17) is 5.73 Å². The summed E-state index contributed by atoms with van der Waals surface area (Å²) < 4.78 is 23.5. The van der Waals surface area contributed by atoms with E-state index in [1.165, 1.54) is 17.4 Å². The van der Waals surface area contributed by atoms with Crippen molar-refractivity contribution in [1.29, 1.82) is 0 Å². The van der Waals surface area contributed by atoms with E-state index < -0.39 is 9.84 Å². The summed E-state index contributed by atoms with van der Waals surface area (Å²) in [5, 5.41) is -0.210. The van der Waals surface area contributed by atoms with Crippen molar-refractivity contribution in [3.05, 3.63) is 34.9 Å². The quantitative estimate of drug-likeness (QED) is 0.932. The molecule has 1 aliphatic rings. The predicted molar refractivity (Wildman–Crippen MR) is 83.4 cm³/mol. The Bertz CT molecular complexity index is 560. The Morgan fingerprint density at radius 3 is 2.30 bits per heavy atom. The second-order valence-electron chi connectivity index (χ2n) is 6.33. The smallest absolute Gasteiger partial charge is 0.150 e. The lowest BCUT2D eigenvalue weighted by atomic mass is 9.81. The van der Waals surface area contributed by atoms with Crippen LogP contribution in [0.1, 0.15) is 48.4 Å². The maximum absolute atomic E-state index is 11.8. The van der Waals surface area contributed by atoms with Crippen LogP contribution in [0.4, 0.5) is 0 Å². The average molecular weight is 295 g/mol. The molecule has 0 saturated heterocycles. The van der Waals surface area contributed by atoms with Crippen molar-refractivity contribution in [1.82, 2.24) is 0 Å². The summed E-state index contributed by atoms with van der Waals surface area (Å²) in [6, 6.07) is 6.33. The summed E-state index contributed by atoms with van der Waals surface area (Å²) >= 11 is 0. The van der Waals surface area contributed by atoms with E-state index >= 15 is 0 Å². The van der Waals surface area contributed by atoms with Crippen LogP contribution in [0.3, 0.4) is 0 Å². The molecule has 3 nitrogen and oxygen atoms in total. The van der Waals surface area contributed by atoms with E-state index in [-0.39, 0.29) is 17.2 Å². The molecule has 0 aromatic heterocycles. The lowest BCUT2D eigenvalue weighted by molar-refractivity contribution is 0.309. The number of hydrogen-bond acceptors (Lipinski definition) is 3. The van der Waals surface area contributed by atoms with Crippen LogP contribution < -0.4 is 5.73 Å². The first-order chi connectivity index (χ1) is 9.27. The zero-order valence-corrected chi connectivity index (χ0v) is 13.4. The fourth-order valence-corrected chi connectivity index (χ4v) is 4.56. The van der Waals surface area contributed by atoms with Crippen LogP contribution in [-0.2, 0) is 9.84 Å². The van der Waals surface area contributed by atoms with Crippen LogP contribution in [-0.4, -0.2) is 19.9 Å². The van der Waals surface area contributed by atoms with Crippen molar-refractivity contribution in [2.45, 2.75) is 50.8 Å². The first kappa shape index (κ1) is 15.5. The molecule has 3 atom stereocenters. The summed E-state index contributed by atoms with van der Waals surface area (Å²) in [5.41, 5.74) is 9.99. The topological polar surface area (TPSA) is 60.2 Å². The van der Waals surface area contributed by atoms with Crippen molar-refractivity contribution in [3.8, 4) is 0 Å². The highest BCUT2D eigenvalue weighted by atomic mass is 32.2. The molecule has 1 aliphatic carbocycles. The van der Waals surface area contributed by atoms with Gasteiger partial charge in [-0.3, -0.25) is 0 Å². The van der Waals surface area contributed by atoms with E-state index in [2.05, 4.69) is 32.0 Å². The van der Waals surface area contributed by atoms with Crippen LogP contribution in [0.5, 0.6) is 0 Å². The fourth-order valence-electron chi connectivity index (χ4n) is 3.37. The van der Waals surface area contributed by atoms with Gasteiger partial charge in [-0.05, 0) is 44.6 Å². The van der Waals surface area contributed by atoms with Gasteiger partial charge in [-0.25, -0.2) is 8.42 Å². The lowest BCUT2D eigenvalue weighted by Gasteiger charge is -2.32. The molecule has 0 bridgehead atoms. The molecule has 1 aromatic rings. The van der Waals surface area contributed by atoms with E-state index in [1.54, 1.807) is 0 Å². The summed E-state index contributed by atoms with van der Waals surface area (Å²) in [6.07, 6.45) is 4.82. The third-order valence-corrected chi connectivity index (χ3v) is 6.05. The minimum atomic E-state index is -2.95. The molecule has 0 aliphatic heterocycles. The number of benzene rings is 1. The number of rotatable bonds is 3. The molecule has 0 spiro atoms. The largest absolute Gasteiger partial charge is 0.324 e. The predicted octanol–water partition coefficient (Wildman–Crippen LogP) is 2.91. The van der Waals surface area contributed by atoms with E-state index in [1.807, 2.05) is 0 Å². The lowest BCUT2D eigenvalue weighted by Crippen LogP contribution is -2.33. The van der Waals surface area contributed by atoms with E-state index in [0.29, 0.717) is 6.42 Å². The van der Waals surface area contributed by atoms with Crippen LogP contribution in [0, 0.1) is 19.8 Å². The van der Waals surface area contributed by atoms with Crippen LogP contribution in [0.15, 0.2) is 18.2 Å². The van der Waals surface area contributed by atoms with Crippen LogP contribution >= 0.6 is 0 Å². The maximum Gasteiger partial charge on any atom is 0.150 e. The Balaban J connectivity index is 2.18. The van der Waals surface area contributed by atoms with Crippen LogP contribution in [0.25, 0.3) is 0 Å². The highest BCUT2D eigenvalue weighted by Gasteiger charge is 2.32. The monoisotopic (exact) mass is 295 g/mol. The third kappa shape index (κ3) is 3.61. The fraction of sp³-hybridized carbons (Fsp3) is 0.625. The van der Waals surface area contributed by atoms with Crippen molar-refractivity contribution < 1.29 is 8.42 Å². The summed E-state index contributed by atoms with van der Waals surface area (Å²) in [4.78, 5) is 0. The highest BCUT2D eigenvalue weighted by molar-refractivity contribution is 7.91. The summed E-state index contributed by atoms with van der Waals surface area (Å²) in [5.74, 6) is 0.268. The molecule has 2 N–H and O–H groups in total. The minimum Gasteiger partial charge on any atom is -0.324 e. The number of sulfone groups is 1. The first-order valence-corrected chi connectivity index (χ1v) is 9.25. The molecule has 3 unspecified atom stereocenters. The summed E-state index contributed by atoms with van der Waals surface area (Å²) in [6.45, 7) is 4.15. The molecule has 0 heterocycles. The molecule has 4 heteroatoms.